The molecule has 3 aromatic heterocycles. The normalized spacial score (nSPS) is 17.0. The summed E-state index contributed by atoms with van der Waals surface area (Å²) in [5, 5.41) is 3.48. The van der Waals surface area contributed by atoms with Gasteiger partial charge in [0.1, 0.15) is 10.8 Å². The summed E-state index contributed by atoms with van der Waals surface area (Å²) in [7, 11) is 2.12. The molecule has 9 nitrogen and oxygen atoms in total. The maximum absolute atomic E-state index is 13.8. The van der Waals surface area contributed by atoms with E-state index in [0.717, 1.165) is 64.2 Å². The topological polar surface area (TPSA) is 84.1 Å². The van der Waals surface area contributed by atoms with Crippen molar-refractivity contribution >= 4 is 28.4 Å². The summed E-state index contributed by atoms with van der Waals surface area (Å²) in [6.45, 7) is 6.16. The molecule has 0 radical (unpaired) electrons. The summed E-state index contributed by atoms with van der Waals surface area (Å²) < 4.78 is 44.5. The largest absolute Gasteiger partial charge is 0.399 e. The number of benzene rings is 1. The van der Waals surface area contributed by atoms with Crippen LogP contribution in [-0.2, 0) is 5.41 Å². The Balaban J connectivity index is 1.36. The van der Waals surface area contributed by atoms with Crippen LogP contribution in [-0.4, -0.2) is 68.6 Å². The van der Waals surface area contributed by atoms with E-state index in [-0.39, 0.29) is 40.1 Å². The number of aromatic nitrogens is 5. The molecule has 210 valence electrons. The van der Waals surface area contributed by atoms with Crippen molar-refractivity contribution in [1.29, 1.82) is 0 Å². The van der Waals surface area contributed by atoms with E-state index in [1.165, 1.54) is 23.0 Å². The molecule has 4 aromatic rings. The van der Waals surface area contributed by atoms with E-state index >= 15 is 0 Å². The summed E-state index contributed by atoms with van der Waals surface area (Å²) in [4.78, 5) is 31.4. The van der Waals surface area contributed by atoms with Gasteiger partial charge in [0, 0.05) is 43.8 Å². The Labute approximate surface area is 229 Å². The van der Waals surface area contributed by atoms with Gasteiger partial charge in [0.15, 0.2) is 11.5 Å². The molecule has 40 heavy (non-hydrogen) atoms. The lowest BCUT2D eigenvalue weighted by molar-refractivity contribution is -0.181. The van der Waals surface area contributed by atoms with Gasteiger partial charge >= 0.3 is 6.18 Å². The Morgan fingerprint density at radius 1 is 0.950 bits per heavy atom. The van der Waals surface area contributed by atoms with E-state index < -0.39 is 11.6 Å². The van der Waals surface area contributed by atoms with Crippen LogP contribution in [0.3, 0.4) is 0 Å². The van der Waals surface area contributed by atoms with Crippen LogP contribution in [0.25, 0.3) is 16.9 Å². The van der Waals surface area contributed by atoms with Gasteiger partial charge in [0.2, 0.25) is 5.95 Å². The van der Waals surface area contributed by atoms with Gasteiger partial charge in [-0.15, -0.1) is 0 Å². The number of nitrogens with one attached hydrogen (secondary N) is 1. The molecule has 12 heteroatoms. The van der Waals surface area contributed by atoms with E-state index in [4.69, 9.17) is 0 Å². The lowest BCUT2D eigenvalue weighted by Crippen LogP contribution is -2.44. The Hall–Kier alpha value is -3.93. The van der Waals surface area contributed by atoms with E-state index in [1.54, 1.807) is 10.7 Å². The molecule has 1 aliphatic heterocycles. The second-order valence-electron chi connectivity index (χ2n) is 11.1. The number of hydrogen-bond donors (Lipinski definition) is 1. The van der Waals surface area contributed by atoms with Crippen LogP contribution in [0.15, 0.2) is 53.5 Å². The first-order valence-corrected chi connectivity index (χ1v) is 13.4. The summed E-state index contributed by atoms with van der Waals surface area (Å²) in [6.07, 6.45) is -1.44. The number of rotatable bonds is 6. The highest BCUT2D eigenvalue weighted by Crippen LogP contribution is 2.40. The van der Waals surface area contributed by atoms with Crippen LogP contribution in [0.4, 0.5) is 30.5 Å². The van der Waals surface area contributed by atoms with E-state index in [0.29, 0.717) is 0 Å². The second kappa shape index (κ2) is 9.61. The molecule has 2 aliphatic rings. The maximum Gasteiger partial charge on any atom is 0.399 e. The number of piperazine rings is 1. The predicted molar refractivity (Wildman–Crippen MR) is 148 cm³/mol. The van der Waals surface area contributed by atoms with E-state index in [2.05, 4.69) is 37.1 Å². The number of hydrogen-bond acceptors (Lipinski definition) is 7. The van der Waals surface area contributed by atoms with Crippen molar-refractivity contribution in [2.24, 2.45) is 0 Å². The number of fused-ring (bicyclic) bond motifs is 1. The lowest BCUT2D eigenvalue weighted by atomic mass is 9.88. The number of pyridine rings is 1. The molecule has 1 saturated heterocycles. The fraction of sp³-hybridized carbons (Fsp3) is 0.429. The van der Waals surface area contributed by atoms with Crippen molar-refractivity contribution < 1.29 is 13.2 Å². The molecular weight excluding hydrogens is 521 g/mol. The maximum atomic E-state index is 13.8. The van der Waals surface area contributed by atoms with Crippen molar-refractivity contribution in [2.75, 3.05) is 43.4 Å². The van der Waals surface area contributed by atoms with Crippen molar-refractivity contribution in [3.8, 4) is 5.82 Å². The van der Waals surface area contributed by atoms with Gasteiger partial charge in [-0.1, -0.05) is 6.07 Å². The molecule has 0 unspecified atom stereocenters. The second-order valence-corrected chi connectivity index (χ2v) is 11.1. The molecule has 6 rings (SSSR count). The third-order valence-corrected chi connectivity index (χ3v) is 7.81. The summed E-state index contributed by atoms with van der Waals surface area (Å²) in [5.41, 5.74) is -0.394. The molecule has 1 aromatic carbocycles. The minimum absolute atomic E-state index is 0.0682. The summed E-state index contributed by atoms with van der Waals surface area (Å²) in [5.74, 6) is 0.475. The Bertz CT molecular complexity index is 1600. The molecule has 1 N–H and O–H groups in total. The smallest absolute Gasteiger partial charge is 0.369 e. The molecular formula is C28H31F3N8O. The Morgan fingerprint density at radius 3 is 2.30 bits per heavy atom. The van der Waals surface area contributed by atoms with Crippen LogP contribution in [0.1, 0.15) is 38.4 Å². The van der Waals surface area contributed by atoms with Gasteiger partial charge in [0.25, 0.3) is 5.56 Å². The monoisotopic (exact) mass is 552 g/mol. The van der Waals surface area contributed by atoms with Crippen LogP contribution in [0.2, 0.25) is 0 Å². The van der Waals surface area contributed by atoms with E-state index in [9.17, 15) is 18.0 Å². The highest BCUT2D eigenvalue weighted by molar-refractivity contribution is 5.77. The van der Waals surface area contributed by atoms with Crippen molar-refractivity contribution in [1.82, 2.24) is 29.2 Å². The zero-order valence-corrected chi connectivity index (χ0v) is 22.6. The highest BCUT2D eigenvalue weighted by Gasteiger charge is 2.49. The van der Waals surface area contributed by atoms with Gasteiger partial charge in [-0.25, -0.2) is 19.3 Å². The van der Waals surface area contributed by atoms with Gasteiger partial charge in [0.05, 0.1) is 11.7 Å². The van der Waals surface area contributed by atoms with Crippen LogP contribution in [0, 0.1) is 0 Å². The predicted octanol–water partition coefficient (Wildman–Crippen LogP) is 4.65. The lowest BCUT2D eigenvalue weighted by Gasteiger charge is -2.34. The van der Waals surface area contributed by atoms with Gasteiger partial charge in [-0.2, -0.15) is 18.2 Å². The molecule has 0 amide bonds. The zero-order chi connectivity index (χ0) is 28.2. The van der Waals surface area contributed by atoms with Crippen LogP contribution in [0.5, 0.6) is 0 Å². The minimum atomic E-state index is -4.49. The molecule has 0 spiro atoms. The van der Waals surface area contributed by atoms with Gasteiger partial charge in [-0.05, 0) is 70.1 Å². The Kier molecular flexibility index (Phi) is 6.32. The SMILES string of the molecule is CN1CCN(c2ccc(Nc3ncc4c(=O)n(C5CC5)n(-c5cccc(C(C)(C)C(F)(F)F)n5)c4n3)cc2)CC1. The van der Waals surface area contributed by atoms with Crippen molar-refractivity contribution in [2.45, 2.75) is 44.3 Å². The highest BCUT2D eigenvalue weighted by atomic mass is 19.4. The minimum Gasteiger partial charge on any atom is -0.369 e. The molecule has 1 aliphatic carbocycles. The number of halogens is 3. The van der Waals surface area contributed by atoms with Crippen LogP contribution < -0.4 is 15.8 Å². The molecule has 1 saturated carbocycles. The fourth-order valence-corrected chi connectivity index (χ4v) is 4.91. The average Bonchev–Trinajstić information content (AvgIpc) is 3.73. The first-order valence-electron chi connectivity index (χ1n) is 13.4. The summed E-state index contributed by atoms with van der Waals surface area (Å²) in [6, 6.07) is 12.4. The van der Waals surface area contributed by atoms with Gasteiger partial charge in [-0.3, -0.25) is 4.79 Å². The van der Waals surface area contributed by atoms with Crippen LogP contribution >= 0.6 is 0 Å². The first kappa shape index (κ1) is 26.3. The summed E-state index contributed by atoms with van der Waals surface area (Å²) >= 11 is 0. The van der Waals surface area contributed by atoms with Crippen molar-refractivity contribution in [3.05, 3.63) is 64.7 Å². The fourth-order valence-electron chi connectivity index (χ4n) is 4.91. The standard InChI is InChI=1S/C28H31F3N8O/c1-27(2,28(29,30)31)22-5-4-6-23(34-22)39-24-21(25(40)38(39)20-11-12-20)17-32-26(35-24)33-18-7-9-19(10-8-18)37-15-13-36(3)14-16-37/h4-10,17,20H,11-16H2,1-3H3,(H,32,33,35). The third kappa shape index (κ3) is 4.70. The van der Waals surface area contributed by atoms with Crippen molar-refractivity contribution in [3.63, 3.8) is 0 Å². The molecule has 0 bridgehead atoms. The number of likely N-dealkylation sites (N-methyl/N-ethyl adjacent to an activating group) is 1. The Morgan fingerprint density at radius 2 is 1.65 bits per heavy atom. The molecule has 0 atom stereocenters. The average molecular weight is 553 g/mol. The number of nitrogens with zero attached hydrogens (tertiary/aromatic N) is 7. The van der Waals surface area contributed by atoms with Gasteiger partial charge < -0.3 is 15.1 Å². The quantitative estimate of drug-likeness (QED) is 0.373. The molecule has 2 fully saturated rings. The number of anilines is 3. The number of alkyl halides is 3. The van der Waals surface area contributed by atoms with E-state index in [1.807, 2.05) is 24.3 Å². The molecule has 4 heterocycles. The third-order valence-electron chi connectivity index (χ3n) is 7.81. The zero-order valence-electron chi connectivity index (χ0n) is 22.6. The first-order chi connectivity index (χ1) is 19.0.